The Morgan fingerprint density at radius 1 is 1.78 bits per heavy atom. The summed E-state index contributed by atoms with van der Waals surface area (Å²) >= 11 is 1.32. The molecule has 9 heavy (non-hydrogen) atoms. The van der Waals surface area contributed by atoms with Gasteiger partial charge in [0.2, 0.25) is 0 Å². The van der Waals surface area contributed by atoms with Gasteiger partial charge in [-0.1, -0.05) is 0 Å². The zero-order valence-corrected chi connectivity index (χ0v) is 5.39. The van der Waals surface area contributed by atoms with E-state index < -0.39 is 0 Å². The molecule has 1 heterocycles. The second-order valence-electron chi connectivity index (χ2n) is 1.41. The molecule has 0 bridgehead atoms. The average molecular weight is 141 g/mol. The minimum atomic E-state index is 0.489. The van der Waals surface area contributed by atoms with Gasteiger partial charge in [0.05, 0.1) is 12.1 Å². The Hall–Kier alpha value is -0.900. The maximum Gasteiger partial charge on any atom is 0.180 e. The van der Waals surface area contributed by atoms with Gasteiger partial charge in [0.25, 0.3) is 0 Å². The van der Waals surface area contributed by atoms with Gasteiger partial charge in [-0.15, -0.1) is 11.3 Å². The number of anilines is 1. The molecule has 0 fully saturated rings. The fraction of sp³-hybridized carbons (Fsp3) is 0. The summed E-state index contributed by atoms with van der Waals surface area (Å²) in [6, 6.07) is 0. The number of nitrogens with two attached hydrogens (primary N) is 1. The predicted molar refractivity (Wildman–Crippen MR) is 36.0 cm³/mol. The monoisotopic (exact) mass is 141 g/mol. The molecule has 1 aromatic rings. The SMILES string of the molecule is Nc1nc([CH]C=O)cs1. The normalized spacial score (nSPS) is 9.33. The Kier molecular flexibility index (Phi) is 1.79. The molecule has 0 unspecified atom stereocenters. The molecular weight excluding hydrogens is 136 g/mol. The Morgan fingerprint density at radius 3 is 3.00 bits per heavy atom. The number of thiazole rings is 1. The van der Waals surface area contributed by atoms with E-state index in [1.807, 2.05) is 0 Å². The van der Waals surface area contributed by atoms with Gasteiger partial charge in [-0.05, 0) is 0 Å². The third-order valence-electron chi connectivity index (χ3n) is 0.779. The number of nitrogens with zero attached hydrogens (tertiary/aromatic N) is 1. The molecule has 0 saturated carbocycles. The van der Waals surface area contributed by atoms with Gasteiger partial charge in [0, 0.05) is 5.38 Å². The van der Waals surface area contributed by atoms with Crippen molar-refractivity contribution in [1.29, 1.82) is 0 Å². The number of carbonyl (C=O) groups excluding carboxylic acids is 1. The molecule has 0 aliphatic carbocycles. The topological polar surface area (TPSA) is 56.0 Å². The number of rotatable bonds is 2. The van der Waals surface area contributed by atoms with E-state index in [1.54, 1.807) is 5.38 Å². The summed E-state index contributed by atoms with van der Waals surface area (Å²) in [4.78, 5) is 13.7. The zero-order chi connectivity index (χ0) is 6.69. The number of aromatic nitrogens is 1. The molecule has 0 aliphatic heterocycles. The Balaban J connectivity index is 2.72. The van der Waals surface area contributed by atoms with Crippen LogP contribution in [0.1, 0.15) is 5.69 Å². The first-order valence-electron chi connectivity index (χ1n) is 2.32. The summed E-state index contributed by atoms with van der Waals surface area (Å²) in [5.74, 6) is 0. The lowest BCUT2D eigenvalue weighted by Gasteiger charge is -1.78. The molecule has 2 N–H and O–H groups in total. The van der Waals surface area contributed by atoms with Crippen LogP contribution in [0.25, 0.3) is 0 Å². The van der Waals surface area contributed by atoms with Crippen LogP contribution < -0.4 is 5.73 Å². The van der Waals surface area contributed by atoms with Crippen LogP contribution >= 0.6 is 11.3 Å². The molecule has 1 rings (SSSR count). The van der Waals surface area contributed by atoms with Gasteiger partial charge in [-0.3, -0.25) is 0 Å². The highest BCUT2D eigenvalue weighted by Crippen LogP contribution is 2.10. The molecule has 0 aliphatic rings. The Bertz CT molecular complexity index is 208. The van der Waals surface area contributed by atoms with Crippen molar-refractivity contribution >= 4 is 22.8 Å². The van der Waals surface area contributed by atoms with Crippen molar-refractivity contribution in [2.75, 3.05) is 5.73 Å². The van der Waals surface area contributed by atoms with Crippen molar-refractivity contribution in [2.24, 2.45) is 0 Å². The molecule has 0 saturated heterocycles. The van der Waals surface area contributed by atoms with Crippen LogP contribution in [0.2, 0.25) is 0 Å². The molecule has 0 amide bonds. The maximum absolute atomic E-state index is 9.85. The second kappa shape index (κ2) is 2.59. The third kappa shape index (κ3) is 1.50. The van der Waals surface area contributed by atoms with Crippen molar-refractivity contribution in [3.05, 3.63) is 17.5 Å². The average Bonchev–Trinajstić information content (AvgIpc) is 2.17. The van der Waals surface area contributed by atoms with Crippen LogP contribution in [-0.2, 0) is 4.79 Å². The van der Waals surface area contributed by atoms with Gasteiger partial charge in [-0.25, -0.2) is 4.98 Å². The van der Waals surface area contributed by atoms with E-state index in [0.717, 1.165) is 0 Å². The molecular formula is C5H5N2OS. The van der Waals surface area contributed by atoms with Crippen LogP contribution in [0, 0.1) is 6.42 Å². The highest BCUT2D eigenvalue weighted by atomic mass is 32.1. The third-order valence-corrected chi connectivity index (χ3v) is 1.47. The smallest absolute Gasteiger partial charge is 0.180 e. The van der Waals surface area contributed by atoms with Gasteiger partial charge in [-0.2, -0.15) is 0 Å². The largest absolute Gasteiger partial charge is 0.375 e. The number of aldehydes is 1. The molecule has 0 aromatic carbocycles. The lowest BCUT2D eigenvalue weighted by molar-refractivity contribution is -0.104. The molecule has 0 atom stereocenters. The fourth-order valence-corrected chi connectivity index (χ4v) is 0.978. The van der Waals surface area contributed by atoms with Crippen LogP contribution in [0.3, 0.4) is 0 Å². The highest BCUT2D eigenvalue weighted by Gasteiger charge is 1.95. The van der Waals surface area contributed by atoms with Crippen LogP contribution in [0.15, 0.2) is 5.38 Å². The highest BCUT2D eigenvalue weighted by molar-refractivity contribution is 7.13. The maximum atomic E-state index is 9.85. The molecule has 1 radical (unpaired) electrons. The predicted octanol–water partition coefficient (Wildman–Crippen LogP) is 0.477. The lowest BCUT2D eigenvalue weighted by atomic mass is 10.4. The standard InChI is InChI=1S/C5H5N2OS/c6-5-7-4(1-2-8)3-9-5/h1-3H,(H2,6,7). The van der Waals surface area contributed by atoms with E-state index in [2.05, 4.69) is 4.98 Å². The van der Waals surface area contributed by atoms with E-state index in [-0.39, 0.29) is 0 Å². The lowest BCUT2D eigenvalue weighted by Crippen LogP contribution is -1.85. The second-order valence-corrected chi connectivity index (χ2v) is 2.30. The van der Waals surface area contributed by atoms with Gasteiger partial charge >= 0.3 is 0 Å². The Morgan fingerprint density at radius 2 is 2.56 bits per heavy atom. The van der Waals surface area contributed by atoms with Gasteiger partial charge < -0.3 is 10.5 Å². The van der Waals surface area contributed by atoms with E-state index in [1.165, 1.54) is 17.8 Å². The van der Waals surface area contributed by atoms with Gasteiger partial charge in [0.15, 0.2) is 5.13 Å². The quantitative estimate of drug-likeness (QED) is 0.609. The van der Waals surface area contributed by atoms with E-state index >= 15 is 0 Å². The first-order chi connectivity index (χ1) is 4.33. The molecule has 4 heteroatoms. The minimum absolute atomic E-state index is 0.489. The molecule has 47 valence electrons. The minimum Gasteiger partial charge on any atom is -0.375 e. The fourth-order valence-electron chi connectivity index (χ4n) is 0.447. The number of nitrogen functional groups attached to an aromatic ring is 1. The van der Waals surface area contributed by atoms with E-state index in [9.17, 15) is 4.79 Å². The first kappa shape index (κ1) is 6.22. The van der Waals surface area contributed by atoms with Crippen LogP contribution in [0.5, 0.6) is 0 Å². The van der Waals surface area contributed by atoms with Crippen molar-refractivity contribution in [3.8, 4) is 0 Å². The molecule has 0 spiro atoms. The van der Waals surface area contributed by atoms with Crippen molar-refractivity contribution in [1.82, 2.24) is 4.98 Å². The summed E-state index contributed by atoms with van der Waals surface area (Å²) in [5.41, 5.74) is 5.91. The van der Waals surface area contributed by atoms with Crippen molar-refractivity contribution in [3.63, 3.8) is 0 Å². The van der Waals surface area contributed by atoms with Crippen molar-refractivity contribution < 1.29 is 4.79 Å². The number of hydrogen-bond donors (Lipinski definition) is 1. The first-order valence-corrected chi connectivity index (χ1v) is 3.20. The zero-order valence-electron chi connectivity index (χ0n) is 4.57. The van der Waals surface area contributed by atoms with Gasteiger partial charge in [0.1, 0.15) is 6.29 Å². The summed E-state index contributed by atoms with van der Waals surface area (Å²) in [5, 5.41) is 2.21. The number of hydrogen-bond acceptors (Lipinski definition) is 4. The van der Waals surface area contributed by atoms with E-state index in [0.29, 0.717) is 17.1 Å². The van der Waals surface area contributed by atoms with E-state index in [4.69, 9.17) is 5.73 Å². The summed E-state index contributed by atoms with van der Waals surface area (Å²) in [7, 11) is 0. The molecule has 1 aromatic heterocycles. The summed E-state index contributed by atoms with van der Waals surface area (Å²) < 4.78 is 0. The Labute approximate surface area is 56.5 Å². The van der Waals surface area contributed by atoms with Crippen molar-refractivity contribution in [2.45, 2.75) is 0 Å². The summed E-state index contributed by atoms with van der Waals surface area (Å²) in [6.07, 6.45) is 2.06. The van der Waals surface area contributed by atoms with Crippen LogP contribution in [-0.4, -0.2) is 11.3 Å². The summed E-state index contributed by atoms with van der Waals surface area (Å²) in [6.45, 7) is 0. The van der Waals surface area contributed by atoms with Crippen LogP contribution in [0.4, 0.5) is 5.13 Å². The number of carbonyl (C=O) groups is 1. The molecule has 3 nitrogen and oxygen atoms in total.